The van der Waals surface area contributed by atoms with Crippen LogP contribution in [0, 0.1) is 6.92 Å². The van der Waals surface area contributed by atoms with Gasteiger partial charge in [0.1, 0.15) is 17.6 Å². The van der Waals surface area contributed by atoms with Gasteiger partial charge < -0.3 is 24.1 Å². The van der Waals surface area contributed by atoms with E-state index in [0.717, 1.165) is 35.9 Å². The molecule has 42 heavy (non-hydrogen) atoms. The zero-order valence-electron chi connectivity index (χ0n) is 24.2. The number of para-hydroxylation sites is 1. The Balaban J connectivity index is 1.19. The summed E-state index contributed by atoms with van der Waals surface area (Å²) in [6, 6.07) is 24.0. The molecule has 1 aliphatic rings. The van der Waals surface area contributed by atoms with Crippen molar-refractivity contribution in [2.75, 3.05) is 37.0 Å². The molecule has 0 saturated carbocycles. The van der Waals surface area contributed by atoms with E-state index in [0.29, 0.717) is 42.3 Å². The van der Waals surface area contributed by atoms with Gasteiger partial charge in [-0.25, -0.2) is 4.79 Å². The standard InChI is InChI=1S/C34H37N3O5/c1-24-29(36-34(42-24)37-20-9-4-10-21-37)19-22-41-27-17-15-25(16-18-27)23-31(33(39)40-2)35-30-14-8-7-13-28(30)32(38)26-11-5-3-6-12-26/h3,5-8,11-18,31,35H,4,9-10,19-23H2,1-2H3/t31-/m0/s1. The number of hydrogen-bond acceptors (Lipinski definition) is 8. The summed E-state index contributed by atoms with van der Waals surface area (Å²) in [7, 11) is 1.36. The maximum Gasteiger partial charge on any atom is 0.328 e. The van der Waals surface area contributed by atoms with E-state index in [9.17, 15) is 9.59 Å². The molecule has 0 aliphatic carbocycles. The Kier molecular flexibility index (Phi) is 9.54. The second kappa shape index (κ2) is 13.9. The van der Waals surface area contributed by atoms with E-state index < -0.39 is 12.0 Å². The number of ether oxygens (including phenoxy) is 2. The number of anilines is 2. The van der Waals surface area contributed by atoms with Crippen molar-refractivity contribution in [2.24, 2.45) is 0 Å². The second-order valence-corrected chi connectivity index (χ2v) is 10.5. The molecule has 2 heterocycles. The van der Waals surface area contributed by atoms with Crippen LogP contribution in [-0.4, -0.2) is 49.6 Å². The van der Waals surface area contributed by atoms with E-state index in [2.05, 4.69) is 10.2 Å². The monoisotopic (exact) mass is 567 g/mol. The van der Waals surface area contributed by atoms with E-state index in [1.165, 1.54) is 26.4 Å². The summed E-state index contributed by atoms with van der Waals surface area (Å²) < 4.78 is 17.0. The van der Waals surface area contributed by atoms with E-state index in [4.69, 9.17) is 18.9 Å². The largest absolute Gasteiger partial charge is 0.493 e. The predicted octanol–water partition coefficient (Wildman–Crippen LogP) is 6.02. The molecule has 1 aromatic heterocycles. The molecule has 1 aliphatic heterocycles. The van der Waals surface area contributed by atoms with Crippen molar-refractivity contribution < 1.29 is 23.5 Å². The van der Waals surface area contributed by atoms with Gasteiger partial charge in [-0.15, -0.1) is 0 Å². The Morgan fingerprint density at radius 3 is 2.40 bits per heavy atom. The molecule has 0 bridgehead atoms. The van der Waals surface area contributed by atoms with Gasteiger partial charge in [0.15, 0.2) is 5.78 Å². The number of hydrogen-bond donors (Lipinski definition) is 1. The number of nitrogens with one attached hydrogen (secondary N) is 1. The molecule has 3 aromatic carbocycles. The molecule has 0 radical (unpaired) electrons. The van der Waals surface area contributed by atoms with Crippen LogP contribution in [0.1, 0.15) is 52.2 Å². The summed E-state index contributed by atoms with van der Waals surface area (Å²) in [6.45, 7) is 4.41. The molecule has 0 unspecified atom stereocenters. The second-order valence-electron chi connectivity index (χ2n) is 10.5. The van der Waals surface area contributed by atoms with Crippen LogP contribution in [0.3, 0.4) is 0 Å². The molecule has 0 spiro atoms. The van der Waals surface area contributed by atoms with Crippen molar-refractivity contribution in [1.82, 2.24) is 4.98 Å². The summed E-state index contributed by atoms with van der Waals surface area (Å²) in [5, 5.41) is 3.25. The summed E-state index contributed by atoms with van der Waals surface area (Å²) in [5.41, 5.74) is 3.50. The fourth-order valence-corrected chi connectivity index (χ4v) is 5.16. The van der Waals surface area contributed by atoms with Crippen LogP contribution in [0.5, 0.6) is 5.75 Å². The Labute approximate surface area is 246 Å². The Morgan fingerprint density at radius 1 is 0.952 bits per heavy atom. The molecule has 1 N–H and O–H groups in total. The third-order valence-electron chi connectivity index (χ3n) is 7.50. The Hall–Kier alpha value is -4.59. The number of ketones is 1. The average Bonchev–Trinajstić information content (AvgIpc) is 3.42. The molecule has 8 nitrogen and oxygen atoms in total. The van der Waals surface area contributed by atoms with Crippen LogP contribution in [-0.2, 0) is 22.4 Å². The molecule has 8 heteroatoms. The van der Waals surface area contributed by atoms with Gasteiger partial charge in [0, 0.05) is 42.7 Å². The van der Waals surface area contributed by atoms with Crippen molar-refractivity contribution in [1.29, 1.82) is 0 Å². The predicted molar refractivity (Wildman–Crippen MR) is 162 cm³/mol. The maximum atomic E-state index is 13.2. The lowest BCUT2D eigenvalue weighted by Gasteiger charge is -2.24. The summed E-state index contributed by atoms with van der Waals surface area (Å²) in [4.78, 5) is 32.8. The lowest BCUT2D eigenvalue weighted by atomic mass is 10.00. The van der Waals surface area contributed by atoms with E-state index >= 15 is 0 Å². The number of piperidine rings is 1. The van der Waals surface area contributed by atoms with Crippen molar-refractivity contribution in [3.63, 3.8) is 0 Å². The summed E-state index contributed by atoms with van der Waals surface area (Å²) >= 11 is 0. The number of benzene rings is 3. The number of carbonyl (C=O) groups is 2. The third-order valence-corrected chi connectivity index (χ3v) is 7.50. The van der Waals surface area contributed by atoms with E-state index in [1.54, 1.807) is 24.3 Å². The minimum Gasteiger partial charge on any atom is -0.493 e. The highest BCUT2D eigenvalue weighted by Gasteiger charge is 2.23. The quantitative estimate of drug-likeness (QED) is 0.164. The zero-order chi connectivity index (χ0) is 29.3. The van der Waals surface area contributed by atoms with Gasteiger partial charge in [-0.2, -0.15) is 4.98 Å². The number of esters is 1. The average molecular weight is 568 g/mol. The first-order valence-corrected chi connectivity index (χ1v) is 14.5. The van der Waals surface area contributed by atoms with Crippen LogP contribution in [0.15, 0.2) is 83.3 Å². The van der Waals surface area contributed by atoms with Crippen LogP contribution < -0.4 is 15.0 Å². The molecule has 1 fully saturated rings. The van der Waals surface area contributed by atoms with Gasteiger partial charge in [0.25, 0.3) is 6.01 Å². The minimum absolute atomic E-state index is 0.118. The van der Waals surface area contributed by atoms with E-state index in [-0.39, 0.29) is 5.78 Å². The molecular formula is C34H37N3O5. The lowest BCUT2D eigenvalue weighted by Crippen LogP contribution is -2.33. The maximum absolute atomic E-state index is 13.2. The fourth-order valence-electron chi connectivity index (χ4n) is 5.16. The molecule has 1 atom stereocenters. The fraction of sp³-hybridized carbons (Fsp3) is 0.324. The van der Waals surface area contributed by atoms with Crippen molar-refractivity contribution in [3.05, 3.63) is 107 Å². The minimum atomic E-state index is -0.685. The zero-order valence-corrected chi connectivity index (χ0v) is 24.2. The molecule has 218 valence electrons. The first-order valence-electron chi connectivity index (χ1n) is 14.5. The number of nitrogens with zero attached hydrogens (tertiary/aromatic N) is 2. The van der Waals surface area contributed by atoms with Crippen LogP contribution in [0.2, 0.25) is 0 Å². The first kappa shape index (κ1) is 28.9. The molecular weight excluding hydrogens is 530 g/mol. The number of aromatic nitrogens is 1. The van der Waals surface area contributed by atoms with Gasteiger partial charge in [-0.1, -0.05) is 54.6 Å². The molecule has 5 rings (SSSR count). The van der Waals surface area contributed by atoms with Crippen molar-refractivity contribution >= 4 is 23.5 Å². The van der Waals surface area contributed by atoms with Gasteiger partial charge in [0.05, 0.1) is 19.4 Å². The van der Waals surface area contributed by atoms with E-state index in [1.807, 2.05) is 61.5 Å². The van der Waals surface area contributed by atoms with Gasteiger partial charge in [-0.05, 0) is 56.0 Å². The highest BCUT2D eigenvalue weighted by molar-refractivity contribution is 6.12. The number of aryl methyl sites for hydroxylation is 1. The smallest absolute Gasteiger partial charge is 0.328 e. The molecule has 1 saturated heterocycles. The summed E-state index contributed by atoms with van der Waals surface area (Å²) in [5.74, 6) is 1.04. The number of methoxy groups -OCH3 is 1. The van der Waals surface area contributed by atoms with Crippen LogP contribution in [0.4, 0.5) is 11.7 Å². The Morgan fingerprint density at radius 2 is 1.67 bits per heavy atom. The summed E-state index contributed by atoms with van der Waals surface area (Å²) in [6.07, 6.45) is 4.64. The molecule has 4 aromatic rings. The highest BCUT2D eigenvalue weighted by atomic mass is 16.5. The number of rotatable bonds is 12. The third kappa shape index (κ3) is 7.18. The van der Waals surface area contributed by atoms with Crippen LogP contribution >= 0.6 is 0 Å². The first-order chi connectivity index (χ1) is 20.5. The lowest BCUT2D eigenvalue weighted by molar-refractivity contribution is -0.141. The topological polar surface area (TPSA) is 93.9 Å². The van der Waals surface area contributed by atoms with Gasteiger partial charge >= 0.3 is 5.97 Å². The normalized spacial score (nSPS) is 13.8. The van der Waals surface area contributed by atoms with Gasteiger partial charge in [-0.3, -0.25) is 4.79 Å². The van der Waals surface area contributed by atoms with Crippen molar-refractivity contribution in [3.8, 4) is 5.75 Å². The van der Waals surface area contributed by atoms with Crippen molar-refractivity contribution in [2.45, 2.75) is 45.1 Å². The highest BCUT2D eigenvalue weighted by Crippen LogP contribution is 2.24. The van der Waals surface area contributed by atoms with Crippen LogP contribution in [0.25, 0.3) is 0 Å². The SMILES string of the molecule is COC(=O)[C@H](Cc1ccc(OCCc2nc(N3CCCCC3)oc2C)cc1)Nc1ccccc1C(=O)c1ccccc1. The number of carbonyl (C=O) groups excluding carboxylic acids is 2. The molecule has 0 amide bonds. The Bertz CT molecular complexity index is 1480. The van der Waals surface area contributed by atoms with Gasteiger partial charge in [0.2, 0.25) is 0 Å². The number of oxazole rings is 1.